The maximum Gasteiger partial charge on any atom is 0.319 e. The molecule has 0 atom stereocenters. The van der Waals surface area contributed by atoms with Crippen LogP contribution in [0.4, 0.5) is 10.5 Å². The summed E-state index contributed by atoms with van der Waals surface area (Å²) in [6, 6.07) is 20.4. The van der Waals surface area contributed by atoms with Gasteiger partial charge in [0.1, 0.15) is 11.5 Å². The first kappa shape index (κ1) is 17.9. The smallest absolute Gasteiger partial charge is 0.319 e. The molecule has 0 aliphatic heterocycles. The van der Waals surface area contributed by atoms with Gasteiger partial charge in [0.25, 0.3) is 0 Å². The van der Waals surface area contributed by atoms with E-state index in [-0.39, 0.29) is 6.03 Å². The fourth-order valence-corrected chi connectivity index (χ4v) is 3.00. The van der Waals surface area contributed by atoms with Gasteiger partial charge in [0.15, 0.2) is 5.75 Å². The molecule has 6 heteroatoms. The number of para-hydroxylation sites is 3. The molecule has 0 bridgehead atoms. The topological polar surface area (TPSA) is 63.5 Å². The Balaban J connectivity index is 1.45. The van der Waals surface area contributed by atoms with Gasteiger partial charge in [-0.3, -0.25) is 0 Å². The number of carbonyl (C=O) groups is 1. The van der Waals surface area contributed by atoms with E-state index < -0.39 is 0 Å². The minimum absolute atomic E-state index is 0.257. The maximum absolute atomic E-state index is 12.1. The average Bonchev–Trinajstić information content (AvgIpc) is 3.17. The van der Waals surface area contributed by atoms with E-state index in [0.29, 0.717) is 18.0 Å². The summed E-state index contributed by atoms with van der Waals surface area (Å²) in [6.45, 7) is 0.568. The fourth-order valence-electron chi connectivity index (χ4n) is 2.25. The summed E-state index contributed by atoms with van der Waals surface area (Å²) in [4.78, 5) is 12.1. The standard InChI is InChI=1S/C20H20N2O3S/c23-20(21-12-14-26-15-17-9-6-13-24-17)22-18-10-4-5-11-19(18)25-16-7-2-1-3-8-16/h1-11,13H,12,14-15H2,(H2,21,22,23). The van der Waals surface area contributed by atoms with E-state index in [0.717, 1.165) is 23.0 Å². The van der Waals surface area contributed by atoms with Crippen molar-refractivity contribution in [3.63, 3.8) is 0 Å². The van der Waals surface area contributed by atoms with Crippen molar-refractivity contribution in [2.24, 2.45) is 0 Å². The van der Waals surface area contributed by atoms with Gasteiger partial charge in [-0.15, -0.1) is 0 Å². The molecule has 1 heterocycles. The van der Waals surface area contributed by atoms with Gasteiger partial charge in [-0.1, -0.05) is 30.3 Å². The van der Waals surface area contributed by atoms with Crippen LogP contribution < -0.4 is 15.4 Å². The number of carbonyl (C=O) groups excluding carboxylic acids is 1. The molecule has 2 amide bonds. The van der Waals surface area contributed by atoms with Crippen LogP contribution >= 0.6 is 11.8 Å². The van der Waals surface area contributed by atoms with Gasteiger partial charge in [0.05, 0.1) is 17.7 Å². The van der Waals surface area contributed by atoms with E-state index in [4.69, 9.17) is 9.15 Å². The molecular formula is C20H20N2O3S. The highest BCUT2D eigenvalue weighted by Crippen LogP contribution is 2.28. The minimum Gasteiger partial charge on any atom is -0.468 e. The average molecular weight is 368 g/mol. The van der Waals surface area contributed by atoms with Crippen molar-refractivity contribution in [2.75, 3.05) is 17.6 Å². The van der Waals surface area contributed by atoms with Crippen LogP contribution in [0.2, 0.25) is 0 Å². The molecule has 0 radical (unpaired) electrons. The summed E-state index contributed by atoms with van der Waals surface area (Å²) in [6.07, 6.45) is 1.66. The lowest BCUT2D eigenvalue weighted by Gasteiger charge is -2.12. The molecule has 0 aliphatic rings. The second-order valence-corrected chi connectivity index (χ2v) is 6.53. The Bertz CT molecular complexity index is 807. The lowest BCUT2D eigenvalue weighted by molar-refractivity contribution is 0.252. The van der Waals surface area contributed by atoms with Crippen LogP contribution in [0.1, 0.15) is 5.76 Å². The molecule has 1 aromatic heterocycles. The van der Waals surface area contributed by atoms with Crippen molar-refractivity contribution >= 4 is 23.5 Å². The van der Waals surface area contributed by atoms with E-state index in [1.54, 1.807) is 18.0 Å². The first-order valence-electron chi connectivity index (χ1n) is 8.28. The number of thioether (sulfide) groups is 1. The Labute approximate surface area is 156 Å². The fraction of sp³-hybridized carbons (Fsp3) is 0.150. The third-order valence-electron chi connectivity index (χ3n) is 3.46. The number of nitrogens with one attached hydrogen (secondary N) is 2. The van der Waals surface area contributed by atoms with Gasteiger partial charge in [-0.05, 0) is 36.4 Å². The van der Waals surface area contributed by atoms with E-state index >= 15 is 0 Å². The first-order chi connectivity index (χ1) is 12.8. The highest BCUT2D eigenvalue weighted by Gasteiger charge is 2.08. The van der Waals surface area contributed by atoms with Crippen LogP contribution in [0.5, 0.6) is 11.5 Å². The summed E-state index contributed by atoms with van der Waals surface area (Å²) >= 11 is 1.70. The number of urea groups is 1. The lowest BCUT2D eigenvalue weighted by Crippen LogP contribution is -2.30. The Hall–Kier alpha value is -2.86. The Kier molecular flexibility index (Phi) is 6.61. The number of furan rings is 1. The second-order valence-electron chi connectivity index (χ2n) is 5.42. The van der Waals surface area contributed by atoms with Gasteiger partial charge in [0, 0.05) is 12.3 Å². The quantitative estimate of drug-likeness (QED) is 0.541. The third kappa shape index (κ3) is 5.60. The van der Waals surface area contributed by atoms with E-state index in [2.05, 4.69) is 10.6 Å². The molecule has 0 saturated carbocycles. The SMILES string of the molecule is O=C(NCCSCc1ccco1)Nc1ccccc1Oc1ccccc1. The van der Waals surface area contributed by atoms with Crippen molar-refractivity contribution in [3.05, 3.63) is 78.8 Å². The highest BCUT2D eigenvalue weighted by atomic mass is 32.2. The van der Waals surface area contributed by atoms with Crippen molar-refractivity contribution < 1.29 is 13.9 Å². The molecule has 5 nitrogen and oxygen atoms in total. The van der Waals surface area contributed by atoms with Gasteiger partial charge < -0.3 is 19.8 Å². The normalized spacial score (nSPS) is 10.3. The summed E-state index contributed by atoms with van der Waals surface area (Å²) in [5.74, 6) is 3.85. The highest BCUT2D eigenvalue weighted by molar-refractivity contribution is 7.98. The number of hydrogen-bond donors (Lipinski definition) is 2. The summed E-state index contributed by atoms with van der Waals surface area (Å²) in [5, 5.41) is 5.68. The van der Waals surface area contributed by atoms with Gasteiger partial charge >= 0.3 is 6.03 Å². The van der Waals surface area contributed by atoms with E-state index in [1.165, 1.54) is 0 Å². The molecule has 3 rings (SSSR count). The number of hydrogen-bond acceptors (Lipinski definition) is 4. The second kappa shape index (κ2) is 9.58. The van der Waals surface area contributed by atoms with E-state index in [9.17, 15) is 4.79 Å². The van der Waals surface area contributed by atoms with Crippen LogP contribution in [0, 0.1) is 0 Å². The van der Waals surface area contributed by atoms with Gasteiger partial charge in [-0.25, -0.2) is 4.79 Å². The van der Waals surface area contributed by atoms with Gasteiger partial charge in [-0.2, -0.15) is 11.8 Å². The first-order valence-corrected chi connectivity index (χ1v) is 9.43. The number of rotatable bonds is 8. The molecule has 0 saturated heterocycles. The van der Waals surface area contributed by atoms with Gasteiger partial charge in [0.2, 0.25) is 0 Å². The predicted octanol–water partition coefficient (Wildman–Crippen LogP) is 5.13. The zero-order valence-corrected chi connectivity index (χ0v) is 15.0. The van der Waals surface area contributed by atoms with Crippen molar-refractivity contribution in [1.82, 2.24) is 5.32 Å². The Morgan fingerprint density at radius 3 is 2.62 bits per heavy atom. The molecule has 3 aromatic rings. The summed E-state index contributed by atoms with van der Waals surface area (Å²) in [5.41, 5.74) is 0.622. The number of anilines is 1. The number of benzene rings is 2. The van der Waals surface area contributed by atoms with Crippen LogP contribution in [-0.2, 0) is 5.75 Å². The largest absolute Gasteiger partial charge is 0.468 e. The van der Waals surface area contributed by atoms with Crippen LogP contribution in [0.25, 0.3) is 0 Å². The van der Waals surface area contributed by atoms with Crippen molar-refractivity contribution in [1.29, 1.82) is 0 Å². The molecule has 2 N–H and O–H groups in total. The molecule has 0 unspecified atom stereocenters. The molecule has 26 heavy (non-hydrogen) atoms. The Morgan fingerprint density at radius 1 is 1.00 bits per heavy atom. The zero-order chi connectivity index (χ0) is 18.0. The maximum atomic E-state index is 12.1. The molecule has 0 fully saturated rings. The predicted molar refractivity (Wildman–Crippen MR) is 105 cm³/mol. The minimum atomic E-state index is -0.257. The Morgan fingerprint density at radius 2 is 1.81 bits per heavy atom. The van der Waals surface area contributed by atoms with Crippen molar-refractivity contribution in [2.45, 2.75) is 5.75 Å². The molecule has 0 spiro atoms. The van der Waals surface area contributed by atoms with Crippen LogP contribution in [-0.4, -0.2) is 18.3 Å². The zero-order valence-electron chi connectivity index (χ0n) is 14.2. The summed E-state index contributed by atoms with van der Waals surface area (Å²) < 4.78 is 11.1. The summed E-state index contributed by atoms with van der Waals surface area (Å²) in [7, 11) is 0. The third-order valence-corrected chi connectivity index (χ3v) is 4.44. The molecule has 134 valence electrons. The van der Waals surface area contributed by atoms with Crippen LogP contribution in [0.3, 0.4) is 0 Å². The monoisotopic (exact) mass is 368 g/mol. The van der Waals surface area contributed by atoms with Crippen LogP contribution in [0.15, 0.2) is 77.4 Å². The molecule has 0 aliphatic carbocycles. The number of amides is 2. The van der Waals surface area contributed by atoms with E-state index in [1.807, 2.05) is 66.7 Å². The lowest BCUT2D eigenvalue weighted by atomic mass is 10.3. The van der Waals surface area contributed by atoms with Crippen molar-refractivity contribution in [3.8, 4) is 11.5 Å². The molecular weight excluding hydrogens is 348 g/mol. The molecule has 2 aromatic carbocycles. The number of ether oxygens (including phenoxy) is 1.